The first-order chi connectivity index (χ1) is 9.36. The number of hydrogen-bond donors (Lipinski definition) is 2. The van der Waals surface area contributed by atoms with Gasteiger partial charge < -0.3 is 15.5 Å². The highest BCUT2D eigenvalue weighted by molar-refractivity contribution is 5.79. The number of rotatable bonds is 4. The second kappa shape index (κ2) is 5.12. The van der Waals surface area contributed by atoms with Crippen LogP contribution in [0.2, 0.25) is 0 Å². The van der Waals surface area contributed by atoms with E-state index in [9.17, 15) is 0 Å². The normalized spacial score (nSPS) is 10.8. The molecule has 1 heterocycles. The number of H-pyrrole nitrogens is 1. The lowest BCUT2D eigenvalue weighted by atomic mass is 10.2. The fourth-order valence-corrected chi connectivity index (χ4v) is 1.98. The molecule has 0 spiro atoms. The molecule has 0 bridgehead atoms. The van der Waals surface area contributed by atoms with E-state index in [1.165, 1.54) is 0 Å². The highest BCUT2D eigenvalue weighted by Crippen LogP contribution is 2.22. The largest absolute Gasteiger partial charge is 0.492 e. The van der Waals surface area contributed by atoms with Crippen molar-refractivity contribution in [3.05, 3.63) is 48.5 Å². The molecule has 0 amide bonds. The van der Waals surface area contributed by atoms with Crippen molar-refractivity contribution in [3.8, 4) is 17.1 Å². The molecule has 0 atom stereocenters. The van der Waals surface area contributed by atoms with Crippen LogP contribution in [0.4, 0.5) is 0 Å². The maximum Gasteiger partial charge on any atom is 0.138 e. The summed E-state index contributed by atoms with van der Waals surface area (Å²) in [4.78, 5) is 7.86. The third kappa shape index (κ3) is 2.44. The third-order valence-corrected chi connectivity index (χ3v) is 2.90. The number of aromatic nitrogens is 2. The fourth-order valence-electron chi connectivity index (χ4n) is 1.98. The van der Waals surface area contributed by atoms with E-state index < -0.39 is 0 Å². The molecule has 0 aliphatic rings. The number of nitrogens with zero attached hydrogens (tertiary/aromatic N) is 1. The van der Waals surface area contributed by atoms with Crippen LogP contribution in [0.5, 0.6) is 5.75 Å². The summed E-state index contributed by atoms with van der Waals surface area (Å²) in [5, 5.41) is 0. The van der Waals surface area contributed by atoms with Crippen LogP contribution < -0.4 is 10.5 Å². The molecule has 4 heteroatoms. The molecule has 0 saturated carbocycles. The molecule has 1 aromatic heterocycles. The molecule has 0 fully saturated rings. The van der Waals surface area contributed by atoms with Crippen molar-refractivity contribution in [2.45, 2.75) is 0 Å². The number of para-hydroxylation sites is 2. The van der Waals surface area contributed by atoms with E-state index in [1.807, 2.05) is 48.5 Å². The highest BCUT2D eigenvalue weighted by Gasteiger charge is 2.04. The van der Waals surface area contributed by atoms with Crippen LogP contribution in [-0.2, 0) is 0 Å². The fraction of sp³-hybridized carbons (Fsp3) is 0.133. The summed E-state index contributed by atoms with van der Waals surface area (Å²) in [6.07, 6.45) is 0. The van der Waals surface area contributed by atoms with Crippen molar-refractivity contribution in [2.75, 3.05) is 13.2 Å². The zero-order chi connectivity index (χ0) is 13.1. The van der Waals surface area contributed by atoms with Gasteiger partial charge >= 0.3 is 0 Å². The van der Waals surface area contributed by atoms with Gasteiger partial charge in [0.2, 0.25) is 0 Å². The minimum atomic E-state index is 0.519. The molecule has 96 valence electrons. The van der Waals surface area contributed by atoms with Gasteiger partial charge in [0.25, 0.3) is 0 Å². The van der Waals surface area contributed by atoms with E-state index in [-0.39, 0.29) is 0 Å². The number of nitrogens with one attached hydrogen (secondary N) is 1. The molecule has 0 unspecified atom stereocenters. The van der Waals surface area contributed by atoms with Crippen LogP contribution in [0, 0.1) is 0 Å². The maximum atomic E-state index is 5.45. The number of aromatic amines is 1. The van der Waals surface area contributed by atoms with Crippen LogP contribution >= 0.6 is 0 Å². The Morgan fingerprint density at radius 3 is 2.58 bits per heavy atom. The average Bonchev–Trinajstić information content (AvgIpc) is 2.89. The van der Waals surface area contributed by atoms with Gasteiger partial charge in [-0.2, -0.15) is 0 Å². The van der Waals surface area contributed by atoms with E-state index in [0.717, 1.165) is 28.2 Å². The molecule has 0 saturated heterocycles. The summed E-state index contributed by atoms with van der Waals surface area (Å²) in [6.45, 7) is 1.05. The Balaban J connectivity index is 1.88. The lowest BCUT2D eigenvalue weighted by Crippen LogP contribution is -2.10. The summed E-state index contributed by atoms with van der Waals surface area (Å²) in [7, 11) is 0. The van der Waals surface area contributed by atoms with Crippen molar-refractivity contribution < 1.29 is 4.74 Å². The number of fused-ring (bicyclic) bond motifs is 1. The molecule has 0 aliphatic heterocycles. The van der Waals surface area contributed by atoms with Gasteiger partial charge in [0, 0.05) is 12.1 Å². The van der Waals surface area contributed by atoms with Gasteiger partial charge in [0.15, 0.2) is 0 Å². The van der Waals surface area contributed by atoms with Crippen molar-refractivity contribution in [3.63, 3.8) is 0 Å². The molecule has 3 aromatic rings. The first kappa shape index (κ1) is 11.7. The molecule has 3 N–H and O–H groups in total. The maximum absolute atomic E-state index is 5.45. The summed E-state index contributed by atoms with van der Waals surface area (Å²) in [6, 6.07) is 15.8. The Kier molecular flexibility index (Phi) is 3.16. The minimum Gasteiger partial charge on any atom is -0.492 e. The SMILES string of the molecule is NCCOc1ccc(-c2nc3ccccc3[nH]2)cc1. The minimum absolute atomic E-state index is 0.519. The topological polar surface area (TPSA) is 63.9 Å². The predicted molar refractivity (Wildman–Crippen MR) is 76.1 cm³/mol. The number of imidazole rings is 1. The van der Waals surface area contributed by atoms with Gasteiger partial charge in [-0.1, -0.05) is 12.1 Å². The van der Waals surface area contributed by atoms with E-state index in [4.69, 9.17) is 10.5 Å². The van der Waals surface area contributed by atoms with Gasteiger partial charge in [-0.25, -0.2) is 4.98 Å². The standard InChI is InChI=1S/C15H15N3O/c16-9-10-19-12-7-5-11(6-8-12)15-17-13-3-1-2-4-14(13)18-15/h1-8H,9-10,16H2,(H,17,18). The van der Waals surface area contributed by atoms with Crippen LogP contribution in [0.25, 0.3) is 22.4 Å². The molecular formula is C15H15N3O. The van der Waals surface area contributed by atoms with Crippen molar-refractivity contribution in [1.82, 2.24) is 9.97 Å². The monoisotopic (exact) mass is 253 g/mol. The van der Waals surface area contributed by atoms with E-state index in [0.29, 0.717) is 13.2 Å². The smallest absolute Gasteiger partial charge is 0.138 e. The molecule has 2 aromatic carbocycles. The number of ether oxygens (including phenoxy) is 1. The summed E-state index contributed by atoms with van der Waals surface area (Å²) in [5.74, 6) is 1.69. The van der Waals surface area contributed by atoms with Gasteiger partial charge in [-0.15, -0.1) is 0 Å². The summed E-state index contributed by atoms with van der Waals surface area (Å²) >= 11 is 0. The Bertz CT molecular complexity index is 640. The lowest BCUT2D eigenvalue weighted by molar-refractivity contribution is 0.328. The van der Waals surface area contributed by atoms with Gasteiger partial charge in [0.1, 0.15) is 18.2 Å². The van der Waals surface area contributed by atoms with Crippen LogP contribution in [0.15, 0.2) is 48.5 Å². The zero-order valence-electron chi connectivity index (χ0n) is 10.5. The molecular weight excluding hydrogens is 238 g/mol. The van der Waals surface area contributed by atoms with Crippen molar-refractivity contribution >= 4 is 11.0 Å². The Morgan fingerprint density at radius 2 is 1.84 bits per heavy atom. The third-order valence-electron chi connectivity index (χ3n) is 2.90. The first-order valence-electron chi connectivity index (χ1n) is 6.25. The Morgan fingerprint density at radius 1 is 1.05 bits per heavy atom. The van der Waals surface area contributed by atoms with Crippen LogP contribution in [-0.4, -0.2) is 23.1 Å². The Labute approximate surface area is 111 Å². The van der Waals surface area contributed by atoms with Crippen molar-refractivity contribution in [1.29, 1.82) is 0 Å². The molecule has 19 heavy (non-hydrogen) atoms. The zero-order valence-corrected chi connectivity index (χ0v) is 10.5. The van der Waals surface area contributed by atoms with Crippen LogP contribution in [0.3, 0.4) is 0 Å². The van der Waals surface area contributed by atoms with Crippen LogP contribution in [0.1, 0.15) is 0 Å². The van der Waals surface area contributed by atoms with E-state index >= 15 is 0 Å². The second-order valence-corrected chi connectivity index (χ2v) is 4.26. The van der Waals surface area contributed by atoms with E-state index in [2.05, 4.69) is 9.97 Å². The van der Waals surface area contributed by atoms with Crippen molar-refractivity contribution in [2.24, 2.45) is 5.73 Å². The molecule has 0 radical (unpaired) electrons. The lowest BCUT2D eigenvalue weighted by Gasteiger charge is -2.04. The average molecular weight is 253 g/mol. The van der Waals surface area contributed by atoms with Gasteiger partial charge in [-0.3, -0.25) is 0 Å². The second-order valence-electron chi connectivity index (χ2n) is 4.26. The van der Waals surface area contributed by atoms with E-state index in [1.54, 1.807) is 0 Å². The molecule has 4 nitrogen and oxygen atoms in total. The first-order valence-corrected chi connectivity index (χ1v) is 6.25. The Hall–Kier alpha value is -2.33. The summed E-state index contributed by atoms with van der Waals surface area (Å²) in [5.41, 5.74) is 8.45. The highest BCUT2D eigenvalue weighted by atomic mass is 16.5. The summed E-state index contributed by atoms with van der Waals surface area (Å²) < 4.78 is 5.45. The number of nitrogens with two attached hydrogens (primary N) is 1. The van der Waals surface area contributed by atoms with Gasteiger partial charge in [-0.05, 0) is 36.4 Å². The quantitative estimate of drug-likeness (QED) is 0.751. The molecule has 3 rings (SSSR count). The van der Waals surface area contributed by atoms with Gasteiger partial charge in [0.05, 0.1) is 11.0 Å². The number of hydrogen-bond acceptors (Lipinski definition) is 3. The predicted octanol–water partition coefficient (Wildman–Crippen LogP) is 2.57. The number of benzene rings is 2. The molecule has 0 aliphatic carbocycles.